The average Bonchev–Trinajstić information content (AvgIpc) is 2.89. The SMILES string of the molecule is Cc1c2oc3c(C)c(N)cc(C(=O)N4CCN(C)CC4)c3nc-2c(C(=O)N2CCN(C)CC2)c(C)c1=O. The number of nitrogen functional groups attached to an aromatic ring is 1. The lowest BCUT2D eigenvalue weighted by Crippen LogP contribution is -2.47. The standard InChI is InChI=1S/C27H34N6O4/c1-15-19(28)14-18(26(35)32-10-6-30(4)7-11-32)21-24(15)37-25-17(3)23(34)16(2)20(22(25)29-21)27(36)33-12-8-31(5)9-13-33/h14H,6-13,28H2,1-5H3. The Bertz CT molecular complexity index is 1430. The molecule has 10 nitrogen and oxygen atoms in total. The number of carbonyl (C=O) groups is 2. The molecule has 2 saturated heterocycles. The molecule has 2 fully saturated rings. The number of nitrogens with zero attached hydrogens (tertiary/aromatic N) is 5. The Morgan fingerprint density at radius 1 is 0.838 bits per heavy atom. The molecule has 0 saturated carbocycles. The van der Waals surface area contributed by atoms with Gasteiger partial charge in [0.1, 0.15) is 11.2 Å². The number of amides is 2. The van der Waals surface area contributed by atoms with Gasteiger partial charge in [0.2, 0.25) is 0 Å². The zero-order valence-corrected chi connectivity index (χ0v) is 22.2. The van der Waals surface area contributed by atoms with E-state index in [1.165, 1.54) is 0 Å². The maximum absolute atomic E-state index is 13.7. The Kier molecular flexibility index (Phi) is 6.41. The van der Waals surface area contributed by atoms with Crippen LogP contribution in [0.3, 0.4) is 0 Å². The zero-order valence-electron chi connectivity index (χ0n) is 22.2. The maximum Gasteiger partial charge on any atom is 0.256 e. The van der Waals surface area contributed by atoms with Crippen molar-refractivity contribution in [3.05, 3.63) is 44.1 Å². The van der Waals surface area contributed by atoms with Crippen LogP contribution >= 0.6 is 0 Å². The molecule has 3 heterocycles. The fourth-order valence-corrected chi connectivity index (χ4v) is 5.18. The lowest BCUT2D eigenvalue weighted by molar-refractivity contribution is 0.0658. The van der Waals surface area contributed by atoms with E-state index in [4.69, 9.17) is 15.1 Å². The molecule has 1 aromatic carbocycles. The van der Waals surface area contributed by atoms with Crippen LogP contribution in [0.15, 0.2) is 15.3 Å². The van der Waals surface area contributed by atoms with E-state index >= 15 is 0 Å². The summed E-state index contributed by atoms with van der Waals surface area (Å²) in [7, 11) is 4.05. The molecule has 0 atom stereocenters. The topological polar surface area (TPSA) is 116 Å². The van der Waals surface area contributed by atoms with Crippen molar-refractivity contribution in [2.24, 2.45) is 0 Å². The lowest BCUT2D eigenvalue weighted by atomic mass is 9.96. The predicted molar refractivity (Wildman–Crippen MR) is 142 cm³/mol. The Balaban J connectivity index is 1.73. The molecular weight excluding hydrogens is 472 g/mol. The molecule has 5 rings (SSSR count). The van der Waals surface area contributed by atoms with Crippen LogP contribution in [0.25, 0.3) is 22.6 Å². The number of rotatable bonds is 2. The molecule has 0 aromatic heterocycles. The number of aryl methyl sites for hydroxylation is 1. The van der Waals surface area contributed by atoms with Crippen molar-refractivity contribution >= 4 is 28.6 Å². The van der Waals surface area contributed by atoms with Gasteiger partial charge in [0.25, 0.3) is 11.8 Å². The van der Waals surface area contributed by atoms with Crippen LogP contribution in [0.1, 0.15) is 37.4 Å². The van der Waals surface area contributed by atoms with Crippen LogP contribution in [0.5, 0.6) is 0 Å². The monoisotopic (exact) mass is 506 g/mol. The van der Waals surface area contributed by atoms with Gasteiger partial charge in [-0.2, -0.15) is 0 Å². The number of carbonyl (C=O) groups excluding carboxylic acids is 2. The van der Waals surface area contributed by atoms with Crippen molar-refractivity contribution in [1.29, 1.82) is 0 Å². The van der Waals surface area contributed by atoms with E-state index < -0.39 is 0 Å². The summed E-state index contributed by atoms with van der Waals surface area (Å²) >= 11 is 0. The maximum atomic E-state index is 13.7. The summed E-state index contributed by atoms with van der Waals surface area (Å²) in [4.78, 5) is 53.4. The van der Waals surface area contributed by atoms with E-state index in [2.05, 4.69) is 9.80 Å². The summed E-state index contributed by atoms with van der Waals surface area (Å²) in [5, 5.41) is 0. The molecule has 3 aliphatic heterocycles. The summed E-state index contributed by atoms with van der Waals surface area (Å²) in [6.07, 6.45) is 0. The molecule has 4 aliphatic rings. The summed E-state index contributed by atoms with van der Waals surface area (Å²) in [6.45, 7) is 10.5. The number of fused-ring (bicyclic) bond motifs is 2. The van der Waals surface area contributed by atoms with E-state index in [1.807, 2.05) is 14.1 Å². The first kappa shape index (κ1) is 25.2. The van der Waals surface area contributed by atoms with Crippen LogP contribution in [0.4, 0.5) is 5.69 Å². The first-order valence-corrected chi connectivity index (χ1v) is 12.7. The second kappa shape index (κ2) is 9.42. The molecule has 196 valence electrons. The van der Waals surface area contributed by atoms with E-state index in [0.29, 0.717) is 70.9 Å². The molecular formula is C27H34N6O4. The molecule has 2 amide bonds. The highest BCUT2D eigenvalue weighted by Crippen LogP contribution is 2.36. The van der Waals surface area contributed by atoms with E-state index in [1.54, 1.807) is 36.6 Å². The third kappa shape index (κ3) is 4.23. The fourth-order valence-electron chi connectivity index (χ4n) is 5.18. The van der Waals surface area contributed by atoms with E-state index in [9.17, 15) is 14.4 Å². The zero-order chi connectivity index (χ0) is 26.6. The van der Waals surface area contributed by atoms with Gasteiger partial charge in [-0.1, -0.05) is 0 Å². The van der Waals surface area contributed by atoms with Crippen molar-refractivity contribution in [3.63, 3.8) is 0 Å². The van der Waals surface area contributed by atoms with Gasteiger partial charge in [0, 0.05) is 74.7 Å². The van der Waals surface area contributed by atoms with Crippen LogP contribution < -0.4 is 11.2 Å². The van der Waals surface area contributed by atoms with Crippen molar-refractivity contribution in [2.45, 2.75) is 20.8 Å². The minimum absolute atomic E-state index is 0.173. The molecule has 10 heteroatoms. The minimum Gasteiger partial charge on any atom is -0.452 e. The molecule has 0 radical (unpaired) electrons. The van der Waals surface area contributed by atoms with Crippen LogP contribution in [0.2, 0.25) is 0 Å². The Morgan fingerprint density at radius 3 is 1.95 bits per heavy atom. The highest BCUT2D eigenvalue weighted by atomic mass is 16.3. The third-order valence-corrected chi connectivity index (χ3v) is 7.85. The van der Waals surface area contributed by atoms with Crippen molar-refractivity contribution < 1.29 is 14.0 Å². The van der Waals surface area contributed by atoms with Crippen LogP contribution in [-0.4, -0.2) is 103 Å². The van der Waals surface area contributed by atoms with E-state index in [-0.39, 0.29) is 28.6 Å². The first-order valence-electron chi connectivity index (χ1n) is 12.7. The number of piperazine rings is 2. The molecule has 2 N–H and O–H groups in total. The fraction of sp³-hybridized carbons (Fsp3) is 0.481. The average molecular weight is 507 g/mol. The highest BCUT2D eigenvalue weighted by molar-refractivity contribution is 6.08. The first-order chi connectivity index (χ1) is 17.6. The molecule has 0 bridgehead atoms. The van der Waals surface area contributed by atoms with Crippen molar-refractivity contribution in [3.8, 4) is 11.5 Å². The largest absolute Gasteiger partial charge is 0.452 e. The minimum atomic E-state index is -0.245. The number of hydrogen-bond donors (Lipinski definition) is 1. The highest BCUT2D eigenvalue weighted by Gasteiger charge is 2.32. The Hall–Kier alpha value is -3.50. The summed E-state index contributed by atoms with van der Waals surface area (Å²) in [5.74, 6) is -0.159. The lowest BCUT2D eigenvalue weighted by Gasteiger charge is -2.33. The number of anilines is 1. The van der Waals surface area contributed by atoms with Gasteiger partial charge in [-0.05, 0) is 40.9 Å². The number of aromatic nitrogens is 1. The van der Waals surface area contributed by atoms with Crippen LogP contribution in [-0.2, 0) is 0 Å². The van der Waals surface area contributed by atoms with Gasteiger partial charge in [-0.15, -0.1) is 0 Å². The normalized spacial score (nSPS) is 17.6. The summed E-state index contributed by atoms with van der Waals surface area (Å²) < 4.78 is 6.31. The smallest absolute Gasteiger partial charge is 0.256 e. The van der Waals surface area contributed by atoms with Crippen LogP contribution in [0, 0.1) is 20.8 Å². The molecule has 1 aliphatic carbocycles. The quantitative estimate of drug-likeness (QED) is 0.411. The Morgan fingerprint density at radius 2 is 1.38 bits per heavy atom. The van der Waals surface area contributed by atoms with E-state index in [0.717, 1.165) is 26.2 Å². The van der Waals surface area contributed by atoms with Crippen molar-refractivity contribution in [2.75, 3.05) is 72.2 Å². The van der Waals surface area contributed by atoms with Gasteiger partial charge in [0.05, 0.1) is 11.1 Å². The van der Waals surface area contributed by atoms with Crippen molar-refractivity contribution in [1.82, 2.24) is 24.6 Å². The second-order valence-corrected chi connectivity index (χ2v) is 10.4. The summed E-state index contributed by atoms with van der Waals surface area (Å²) in [5.41, 5.74) is 9.44. The molecule has 0 spiro atoms. The predicted octanol–water partition coefficient (Wildman–Crippen LogP) is 1.58. The van der Waals surface area contributed by atoms with Gasteiger partial charge in [-0.3, -0.25) is 14.4 Å². The summed E-state index contributed by atoms with van der Waals surface area (Å²) in [6, 6.07) is 1.65. The number of benzene rings is 2. The number of likely N-dealkylation sites (N-methyl/N-ethyl adjacent to an activating group) is 2. The van der Waals surface area contributed by atoms with Gasteiger partial charge < -0.3 is 29.8 Å². The molecule has 0 unspecified atom stereocenters. The molecule has 1 aromatic rings. The van der Waals surface area contributed by atoms with Gasteiger partial charge in [-0.25, -0.2) is 4.98 Å². The van der Waals surface area contributed by atoms with Gasteiger partial charge >= 0.3 is 0 Å². The molecule has 37 heavy (non-hydrogen) atoms. The number of hydrogen-bond acceptors (Lipinski definition) is 8. The number of nitrogens with two attached hydrogens (primary N) is 1. The Labute approximate surface area is 215 Å². The second-order valence-electron chi connectivity index (χ2n) is 10.4. The van der Waals surface area contributed by atoms with Gasteiger partial charge in [0.15, 0.2) is 16.8 Å². The third-order valence-electron chi connectivity index (χ3n) is 7.85.